The Morgan fingerprint density at radius 1 is 1.40 bits per heavy atom. The molecule has 0 radical (unpaired) electrons. The van der Waals surface area contributed by atoms with Crippen molar-refractivity contribution >= 4 is 6.08 Å². The maximum Gasteiger partial charge on any atom is 0.573 e. The van der Waals surface area contributed by atoms with E-state index in [9.17, 15) is 13.2 Å². The summed E-state index contributed by atoms with van der Waals surface area (Å²) in [6.07, 6.45) is -3.51. The second-order valence-corrected chi connectivity index (χ2v) is 2.58. The highest BCUT2D eigenvalue weighted by Crippen LogP contribution is 2.28. The molecule has 1 rings (SSSR count). The van der Waals surface area contributed by atoms with Crippen LogP contribution in [0.15, 0.2) is 24.8 Å². The minimum Gasteiger partial charge on any atom is -0.404 e. The van der Waals surface area contributed by atoms with Gasteiger partial charge >= 0.3 is 6.36 Å². The zero-order valence-corrected chi connectivity index (χ0v) is 7.51. The summed E-state index contributed by atoms with van der Waals surface area (Å²) in [7, 11) is 0. The molecule has 1 aromatic rings. The fourth-order valence-electron chi connectivity index (χ4n) is 1.05. The fourth-order valence-corrected chi connectivity index (χ4v) is 1.05. The lowest BCUT2D eigenvalue weighted by atomic mass is 10.1. The minimum atomic E-state index is -4.80. The zero-order valence-electron chi connectivity index (χ0n) is 7.51. The van der Waals surface area contributed by atoms with Crippen molar-refractivity contribution in [3.05, 3.63) is 35.9 Å². The molecule has 0 saturated heterocycles. The van der Waals surface area contributed by atoms with Crippen LogP contribution in [-0.2, 0) is 0 Å². The molecule has 0 bridgehead atoms. The Bertz CT molecular complexity index is 418. The Kier molecular flexibility index (Phi) is 3.00. The Balaban J connectivity index is 3.19. The molecule has 0 aliphatic carbocycles. The first-order chi connectivity index (χ1) is 6.98. The van der Waals surface area contributed by atoms with E-state index in [1.807, 2.05) is 0 Å². The molecule has 0 spiro atoms. The number of rotatable bonds is 2. The first-order valence-electron chi connectivity index (χ1n) is 3.89. The summed E-state index contributed by atoms with van der Waals surface area (Å²) >= 11 is 0. The van der Waals surface area contributed by atoms with Gasteiger partial charge in [0.25, 0.3) is 0 Å². The van der Waals surface area contributed by atoms with Gasteiger partial charge in [0.15, 0.2) is 0 Å². The third-order valence-electron chi connectivity index (χ3n) is 1.62. The van der Waals surface area contributed by atoms with Crippen LogP contribution < -0.4 is 4.74 Å². The third kappa shape index (κ3) is 2.74. The molecule has 0 heterocycles. The molecule has 0 saturated carbocycles. The lowest BCUT2D eigenvalue weighted by molar-refractivity contribution is -0.274. The van der Waals surface area contributed by atoms with Crippen molar-refractivity contribution in [3.63, 3.8) is 0 Å². The number of halogens is 3. The van der Waals surface area contributed by atoms with E-state index in [-0.39, 0.29) is 5.56 Å². The topological polar surface area (TPSA) is 33.0 Å². The second kappa shape index (κ2) is 4.05. The number of alkyl halides is 3. The summed E-state index contributed by atoms with van der Waals surface area (Å²) in [5.41, 5.74) is 0.129. The van der Waals surface area contributed by atoms with Crippen LogP contribution in [0.3, 0.4) is 0 Å². The van der Waals surface area contributed by atoms with Crippen molar-refractivity contribution in [2.75, 3.05) is 0 Å². The molecule has 0 atom stereocenters. The number of nitrogens with zero attached hydrogens (tertiary/aromatic N) is 1. The molecule has 0 aromatic heterocycles. The van der Waals surface area contributed by atoms with Gasteiger partial charge in [-0.25, -0.2) is 0 Å². The van der Waals surface area contributed by atoms with Crippen LogP contribution in [0.2, 0.25) is 0 Å². The van der Waals surface area contributed by atoms with Crippen LogP contribution in [0, 0.1) is 11.3 Å². The molecule has 0 amide bonds. The average Bonchev–Trinajstić information content (AvgIpc) is 2.15. The Morgan fingerprint density at radius 3 is 2.53 bits per heavy atom. The van der Waals surface area contributed by atoms with E-state index >= 15 is 0 Å². The average molecular weight is 213 g/mol. The quantitative estimate of drug-likeness (QED) is 0.756. The number of nitriles is 1. The van der Waals surface area contributed by atoms with Crippen LogP contribution in [0.4, 0.5) is 13.2 Å². The molecule has 0 aliphatic heterocycles. The Hall–Kier alpha value is -1.96. The molecule has 15 heavy (non-hydrogen) atoms. The van der Waals surface area contributed by atoms with Gasteiger partial charge in [-0.3, -0.25) is 0 Å². The van der Waals surface area contributed by atoms with Crippen molar-refractivity contribution in [2.24, 2.45) is 0 Å². The minimum absolute atomic E-state index is 0.176. The van der Waals surface area contributed by atoms with Crippen LogP contribution in [0.5, 0.6) is 5.75 Å². The lowest BCUT2D eigenvalue weighted by Gasteiger charge is -2.10. The summed E-state index contributed by atoms with van der Waals surface area (Å²) in [5.74, 6) is -0.512. The molecule has 78 valence electrons. The summed E-state index contributed by atoms with van der Waals surface area (Å²) in [4.78, 5) is 0. The van der Waals surface area contributed by atoms with Crippen molar-refractivity contribution in [3.8, 4) is 11.8 Å². The third-order valence-corrected chi connectivity index (χ3v) is 1.62. The molecule has 2 nitrogen and oxygen atoms in total. The van der Waals surface area contributed by atoms with E-state index < -0.39 is 12.1 Å². The Morgan fingerprint density at radius 2 is 2.07 bits per heavy atom. The van der Waals surface area contributed by atoms with Gasteiger partial charge in [0.05, 0.1) is 0 Å². The van der Waals surface area contributed by atoms with Gasteiger partial charge < -0.3 is 4.74 Å². The zero-order chi connectivity index (χ0) is 11.5. The number of hydrogen-bond acceptors (Lipinski definition) is 2. The lowest BCUT2D eigenvalue weighted by Crippen LogP contribution is -2.18. The van der Waals surface area contributed by atoms with Gasteiger partial charge in [-0.05, 0) is 11.6 Å². The molecule has 0 N–H and O–H groups in total. The molecule has 5 heteroatoms. The smallest absolute Gasteiger partial charge is 0.404 e. The SMILES string of the molecule is C=Cc1cccc(OC(F)(F)F)c1C#N. The first-order valence-corrected chi connectivity index (χ1v) is 3.89. The predicted molar refractivity (Wildman–Crippen MR) is 47.9 cm³/mol. The maximum absolute atomic E-state index is 11.9. The van der Waals surface area contributed by atoms with Crippen LogP contribution in [0.1, 0.15) is 11.1 Å². The van der Waals surface area contributed by atoms with E-state index in [0.717, 1.165) is 6.07 Å². The van der Waals surface area contributed by atoms with Gasteiger partial charge in [-0.15, -0.1) is 13.2 Å². The van der Waals surface area contributed by atoms with Crippen molar-refractivity contribution in [1.29, 1.82) is 5.26 Å². The van der Waals surface area contributed by atoms with Crippen LogP contribution in [-0.4, -0.2) is 6.36 Å². The van der Waals surface area contributed by atoms with Crippen molar-refractivity contribution in [1.82, 2.24) is 0 Å². The largest absolute Gasteiger partial charge is 0.573 e. The van der Waals surface area contributed by atoms with Crippen LogP contribution >= 0.6 is 0 Å². The first kappa shape index (κ1) is 11.1. The molecule has 0 unspecified atom stereocenters. The summed E-state index contributed by atoms with van der Waals surface area (Å²) in [6.45, 7) is 3.39. The van der Waals surface area contributed by atoms with E-state index in [4.69, 9.17) is 5.26 Å². The summed E-state index contributed by atoms with van der Waals surface area (Å²) < 4.78 is 39.5. The van der Waals surface area contributed by atoms with Gasteiger partial charge in [-0.2, -0.15) is 5.26 Å². The van der Waals surface area contributed by atoms with Gasteiger partial charge in [0.1, 0.15) is 17.4 Å². The van der Waals surface area contributed by atoms with E-state index in [1.54, 1.807) is 6.07 Å². The Labute approximate surface area is 84.2 Å². The molecule has 1 aromatic carbocycles. The highest BCUT2D eigenvalue weighted by Gasteiger charge is 2.32. The van der Waals surface area contributed by atoms with Crippen molar-refractivity contribution < 1.29 is 17.9 Å². The molecular weight excluding hydrogens is 207 g/mol. The van der Waals surface area contributed by atoms with E-state index in [1.165, 1.54) is 18.2 Å². The summed E-state index contributed by atoms with van der Waals surface area (Å²) in [6, 6.07) is 5.56. The highest BCUT2D eigenvalue weighted by atomic mass is 19.4. The number of ether oxygens (including phenoxy) is 1. The highest BCUT2D eigenvalue weighted by molar-refractivity contribution is 5.61. The normalized spacial score (nSPS) is 10.5. The van der Waals surface area contributed by atoms with Gasteiger partial charge in [-0.1, -0.05) is 24.8 Å². The van der Waals surface area contributed by atoms with Gasteiger partial charge in [0, 0.05) is 0 Å². The predicted octanol–water partition coefficient (Wildman–Crippen LogP) is 3.10. The fraction of sp³-hybridized carbons (Fsp3) is 0.100. The number of benzene rings is 1. The summed E-state index contributed by atoms with van der Waals surface area (Å²) in [5, 5.41) is 8.68. The van der Waals surface area contributed by atoms with Crippen molar-refractivity contribution in [2.45, 2.75) is 6.36 Å². The molecule has 0 fully saturated rings. The van der Waals surface area contributed by atoms with Crippen LogP contribution in [0.25, 0.3) is 6.08 Å². The standard InChI is InChI=1S/C10H6F3NO/c1-2-7-4-3-5-9(8(7)6-14)15-10(11,12)13/h2-5H,1H2. The monoisotopic (exact) mass is 213 g/mol. The van der Waals surface area contributed by atoms with E-state index in [0.29, 0.717) is 5.56 Å². The maximum atomic E-state index is 11.9. The molecule has 0 aliphatic rings. The van der Waals surface area contributed by atoms with E-state index in [2.05, 4.69) is 11.3 Å². The molecular formula is C10H6F3NO. The number of hydrogen-bond donors (Lipinski definition) is 0. The van der Waals surface area contributed by atoms with Gasteiger partial charge in [0.2, 0.25) is 0 Å². The second-order valence-electron chi connectivity index (χ2n) is 2.58.